The molecule has 0 aliphatic carbocycles. The molecule has 0 amide bonds. The monoisotopic (exact) mass is 369 g/mol. The average Bonchev–Trinajstić information content (AvgIpc) is 2.68. The maximum atomic E-state index is 13.4. The second-order valence-electron chi connectivity index (χ2n) is 5.96. The molecule has 6 heteroatoms. The molecule has 0 spiro atoms. The van der Waals surface area contributed by atoms with E-state index in [1.54, 1.807) is 24.3 Å². The molecule has 3 aromatic carbocycles. The van der Waals surface area contributed by atoms with Gasteiger partial charge < -0.3 is 4.74 Å². The van der Waals surface area contributed by atoms with E-state index in [9.17, 15) is 12.8 Å². The van der Waals surface area contributed by atoms with Crippen molar-refractivity contribution in [2.75, 3.05) is 10.9 Å². The Labute approximate surface area is 151 Å². The number of sulfonamides is 1. The fourth-order valence-electron chi connectivity index (χ4n) is 3.09. The first-order valence-electron chi connectivity index (χ1n) is 8.14. The topological polar surface area (TPSA) is 46.6 Å². The lowest BCUT2D eigenvalue weighted by atomic mass is 10.1. The van der Waals surface area contributed by atoms with Crippen molar-refractivity contribution in [1.29, 1.82) is 0 Å². The first-order valence-corrected chi connectivity index (χ1v) is 9.58. The molecule has 4 nitrogen and oxygen atoms in total. The normalized spacial score (nSPS) is 16.7. The Balaban J connectivity index is 1.89. The zero-order chi connectivity index (χ0) is 18.1. The third-order valence-corrected chi connectivity index (χ3v) is 6.17. The lowest BCUT2D eigenvalue weighted by molar-refractivity contribution is 0.275. The number of para-hydroxylation sites is 2. The highest BCUT2D eigenvalue weighted by molar-refractivity contribution is 7.92. The lowest BCUT2D eigenvalue weighted by Crippen LogP contribution is -2.41. The number of nitrogens with zero attached hydrogens (tertiary/aromatic N) is 1. The molecule has 1 heterocycles. The maximum absolute atomic E-state index is 13.4. The van der Waals surface area contributed by atoms with Gasteiger partial charge in [-0.05, 0) is 42.0 Å². The van der Waals surface area contributed by atoms with Crippen LogP contribution in [0.25, 0.3) is 0 Å². The highest BCUT2D eigenvalue weighted by atomic mass is 32.2. The molecule has 0 bridgehead atoms. The van der Waals surface area contributed by atoms with Gasteiger partial charge in [0.1, 0.15) is 24.2 Å². The third kappa shape index (κ3) is 2.82. The van der Waals surface area contributed by atoms with Crippen LogP contribution in [0.1, 0.15) is 11.6 Å². The summed E-state index contributed by atoms with van der Waals surface area (Å²) in [5.41, 5.74) is 1.30. The van der Waals surface area contributed by atoms with Crippen LogP contribution < -0.4 is 9.04 Å². The quantitative estimate of drug-likeness (QED) is 0.697. The van der Waals surface area contributed by atoms with Gasteiger partial charge >= 0.3 is 0 Å². The molecule has 0 unspecified atom stereocenters. The summed E-state index contributed by atoms with van der Waals surface area (Å²) in [6, 6.07) is 20.7. The van der Waals surface area contributed by atoms with Gasteiger partial charge in [-0.3, -0.25) is 4.31 Å². The van der Waals surface area contributed by atoms with Gasteiger partial charge in [0.25, 0.3) is 10.0 Å². The van der Waals surface area contributed by atoms with Crippen molar-refractivity contribution < 1.29 is 17.5 Å². The average molecular weight is 369 g/mol. The largest absolute Gasteiger partial charge is 0.489 e. The number of ether oxygens (including phenoxy) is 1. The van der Waals surface area contributed by atoms with Crippen LogP contribution in [0, 0.1) is 5.82 Å². The lowest BCUT2D eigenvalue weighted by Gasteiger charge is -2.37. The summed E-state index contributed by atoms with van der Waals surface area (Å²) >= 11 is 0. The smallest absolute Gasteiger partial charge is 0.265 e. The van der Waals surface area contributed by atoms with Crippen molar-refractivity contribution >= 4 is 15.7 Å². The Hall–Kier alpha value is -2.86. The van der Waals surface area contributed by atoms with Gasteiger partial charge in [-0.1, -0.05) is 42.5 Å². The van der Waals surface area contributed by atoms with E-state index < -0.39 is 21.9 Å². The zero-order valence-electron chi connectivity index (χ0n) is 13.7. The Kier molecular flexibility index (Phi) is 4.12. The predicted molar refractivity (Wildman–Crippen MR) is 97.2 cm³/mol. The second kappa shape index (κ2) is 6.46. The van der Waals surface area contributed by atoms with Crippen molar-refractivity contribution in [3.8, 4) is 5.75 Å². The first-order chi connectivity index (χ1) is 12.6. The molecule has 4 rings (SSSR count). The van der Waals surface area contributed by atoms with E-state index in [0.717, 1.165) is 17.7 Å². The van der Waals surface area contributed by atoms with E-state index in [1.165, 1.54) is 16.4 Å². The Morgan fingerprint density at radius 3 is 2.27 bits per heavy atom. The molecular formula is C20H16FNO3S. The van der Waals surface area contributed by atoms with Gasteiger partial charge in [-0.2, -0.15) is 0 Å². The molecule has 0 radical (unpaired) electrons. The number of rotatable bonds is 3. The Bertz CT molecular complexity index is 1020. The molecular weight excluding hydrogens is 353 g/mol. The van der Waals surface area contributed by atoms with Crippen LogP contribution in [0.2, 0.25) is 0 Å². The minimum atomic E-state index is -3.90. The molecule has 132 valence electrons. The van der Waals surface area contributed by atoms with E-state index in [2.05, 4.69) is 0 Å². The Morgan fingerprint density at radius 1 is 0.885 bits per heavy atom. The SMILES string of the molecule is O=S(=O)(c1ccc(F)cc1)N1c2ccccc2OC[C@@H]1c1ccccc1. The number of benzene rings is 3. The van der Waals surface area contributed by atoms with Crippen LogP contribution in [0.3, 0.4) is 0 Å². The predicted octanol–water partition coefficient (Wildman–Crippen LogP) is 4.15. The summed E-state index contributed by atoms with van der Waals surface area (Å²) in [6.07, 6.45) is 0. The minimum absolute atomic E-state index is 0.0385. The number of hydrogen-bond acceptors (Lipinski definition) is 3. The Morgan fingerprint density at radius 2 is 1.54 bits per heavy atom. The van der Waals surface area contributed by atoms with Gasteiger partial charge in [-0.15, -0.1) is 0 Å². The third-order valence-electron chi connectivity index (χ3n) is 4.34. The number of hydrogen-bond donors (Lipinski definition) is 0. The van der Waals surface area contributed by atoms with Crippen LogP contribution in [0.4, 0.5) is 10.1 Å². The summed E-state index contributed by atoms with van der Waals surface area (Å²) in [5, 5.41) is 0. The highest BCUT2D eigenvalue weighted by Crippen LogP contribution is 2.42. The fraction of sp³-hybridized carbons (Fsp3) is 0.100. The summed E-state index contributed by atoms with van der Waals surface area (Å²) < 4.78 is 47.2. The van der Waals surface area contributed by atoms with Gasteiger partial charge in [0.05, 0.1) is 10.6 Å². The molecule has 0 saturated heterocycles. The van der Waals surface area contributed by atoms with Gasteiger partial charge in [0.15, 0.2) is 0 Å². The van der Waals surface area contributed by atoms with Crippen molar-refractivity contribution in [2.24, 2.45) is 0 Å². The number of halogens is 1. The van der Waals surface area contributed by atoms with Crippen LogP contribution in [-0.2, 0) is 10.0 Å². The standard InChI is InChI=1S/C20H16FNO3S/c21-16-10-12-17(13-11-16)26(23,24)22-18-8-4-5-9-20(18)25-14-19(22)15-6-2-1-3-7-15/h1-13,19H,14H2/t19-/m1/s1. The molecule has 0 aromatic heterocycles. The molecule has 26 heavy (non-hydrogen) atoms. The highest BCUT2D eigenvalue weighted by Gasteiger charge is 2.37. The first kappa shape index (κ1) is 16.6. The summed E-state index contributed by atoms with van der Waals surface area (Å²) in [7, 11) is -3.90. The van der Waals surface area contributed by atoms with Crippen LogP contribution in [0.15, 0.2) is 83.8 Å². The van der Waals surface area contributed by atoms with Crippen molar-refractivity contribution in [3.05, 3.63) is 90.2 Å². The molecule has 1 atom stereocenters. The molecule has 0 fully saturated rings. The van der Waals surface area contributed by atoms with Crippen molar-refractivity contribution in [2.45, 2.75) is 10.9 Å². The van der Waals surface area contributed by atoms with E-state index in [1.807, 2.05) is 30.3 Å². The number of fused-ring (bicyclic) bond motifs is 1. The molecule has 1 aliphatic rings. The van der Waals surface area contributed by atoms with Gasteiger partial charge in [0.2, 0.25) is 0 Å². The zero-order valence-corrected chi connectivity index (χ0v) is 14.6. The number of anilines is 1. The molecule has 0 N–H and O–H groups in total. The summed E-state index contributed by atoms with van der Waals surface area (Å²) in [6.45, 7) is 0.196. The second-order valence-corrected chi connectivity index (χ2v) is 7.77. The van der Waals surface area contributed by atoms with E-state index in [0.29, 0.717) is 11.4 Å². The van der Waals surface area contributed by atoms with Crippen LogP contribution in [0.5, 0.6) is 5.75 Å². The molecule has 1 aliphatic heterocycles. The van der Waals surface area contributed by atoms with Crippen LogP contribution in [-0.4, -0.2) is 15.0 Å². The van der Waals surface area contributed by atoms with E-state index in [-0.39, 0.29) is 11.5 Å². The minimum Gasteiger partial charge on any atom is -0.489 e. The van der Waals surface area contributed by atoms with Crippen LogP contribution >= 0.6 is 0 Å². The van der Waals surface area contributed by atoms with Crippen molar-refractivity contribution in [1.82, 2.24) is 0 Å². The summed E-state index contributed by atoms with van der Waals surface area (Å²) in [5.74, 6) is 0.0244. The summed E-state index contributed by atoms with van der Waals surface area (Å²) in [4.78, 5) is 0.0385. The van der Waals surface area contributed by atoms with Gasteiger partial charge in [-0.25, -0.2) is 12.8 Å². The molecule has 3 aromatic rings. The van der Waals surface area contributed by atoms with E-state index >= 15 is 0 Å². The maximum Gasteiger partial charge on any atom is 0.265 e. The fourth-order valence-corrected chi connectivity index (χ4v) is 4.72. The van der Waals surface area contributed by atoms with Crippen molar-refractivity contribution in [3.63, 3.8) is 0 Å². The molecule has 0 saturated carbocycles. The van der Waals surface area contributed by atoms with Gasteiger partial charge in [0, 0.05) is 0 Å². The van der Waals surface area contributed by atoms with E-state index in [4.69, 9.17) is 4.74 Å².